The van der Waals surface area contributed by atoms with Crippen molar-refractivity contribution in [3.63, 3.8) is 0 Å². The zero-order chi connectivity index (χ0) is 15.2. The van der Waals surface area contributed by atoms with Gasteiger partial charge in [0.1, 0.15) is 5.82 Å². The number of carbonyl (C=O) groups excluding carboxylic acids is 1. The Morgan fingerprint density at radius 2 is 2.14 bits per heavy atom. The molecule has 2 rings (SSSR count). The van der Waals surface area contributed by atoms with Gasteiger partial charge < -0.3 is 5.32 Å². The van der Waals surface area contributed by atoms with Crippen LogP contribution in [0.15, 0.2) is 26.9 Å². The molecule has 1 amide bonds. The molecule has 21 heavy (non-hydrogen) atoms. The number of aryl methyl sites for hydroxylation is 1. The van der Waals surface area contributed by atoms with Gasteiger partial charge in [-0.2, -0.15) is 0 Å². The highest BCUT2D eigenvalue weighted by Crippen LogP contribution is 2.26. The SMILES string of the molecule is CSc1nnc(SCC(=O)NCc2ccc(F)c(C)c2)s1. The first-order chi connectivity index (χ1) is 10.1. The average Bonchev–Trinajstić information content (AvgIpc) is 2.94. The Bertz CT molecular complexity index is 633. The molecule has 0 fully saturated rings. The minimum atomic E-state index is -0.235. The van der Waals surface area contributed by atoms with Crippen molar-refractivity contribution in [2.24, 2.45) is 0 Å². The fourth-order valence-electron chi connectivity index (χ4n) is 1.53. The van der Waals surface area contributed by atoms with Crippen LogP contribution < -0.4 is 5.32 Å². The summed E-state index contributed by atoms with van der Waals surface area (Å²) >= 11 is 4.37. The van der Waals surface area contributed by atoms with Crippen LogP contribution >= 0.6 is 34.9 Å². The van der Waals surface area contributed by atoms with Crippen molar-refractivity contribution in [1.29, 1.82) is 0 Å². The van der Waals surface area contributed by atoms with E-state index in [2.05, 4.69) is 15.5 Å². The third kappa shape index (κ3) is 4.98. The molecule has 0 aliphatic heterocycles. The van der Waals surface area contributed by atoms with Crippen LogP contribution in [0, 0.1) is 12.7 Å². The van der Waals surface area contributed by atoms with Crippen LogP contribution in [0.25, 0.3) is 0 Å². The quantitative estimate of drug-likeness (QED) is 0.817. The number of hydrogen-bond donors (Lipinski definition) is 1. The van der Waals surface area contributed by atoms with Gasteiger partial charge in [-0.1, -0.05) is 47.0 Å². The summed E-state index contributed by atoms with van der Waals surface area (Å²) in [6.45, 7) is 2.10. The van der Waals surface area contributed by atoms with Gasteiger partial charge in [0.05, 0.1) is 5.75 Å². The number of benzene rings is 1. The zero-order valence-corrected chi connectivity index (χ0v) is 14.0. The highest BCUT2D eigenvalue weighted by molar-refractivity contribution is 8.03. The van der Waals surface area contributed by atoms with Crippen LogP contribution in [-0.2, 0) is 11.3 Å². The largest absolute Gasteiger partial charge is 0.351 e. The topological polar surface area (TPSA) is 54.9 Å². The molecule has 1 aromatic carbocycles. The molecule has 0 spiro atoms. The summed E-state index contributed by atoms with van der Waals surface area (Å²) in [6, 6.07) is 4.82. The van der Waals surface area contributed by atoms with Crippen LogP contribution in [0.1, 0.15) is 11.1 Å². The molecule has 0 unspecified atom stereocenters. The Hall–Kier alpha value is -1.12. The third-order valence-corrected chi connectivity index (χ3v) is 5.63. The third-order valence-electron chi connectivity index (χ3n) is 2.60. The number of halogens is 1. The van der Waals surface area contributed by atoms with E-state index >= 15 is 0 Å². The maximum absolute atomic E-state index is 13.1. The van der Waals surface area contributed by atoms with Crippen LogP contribution in [0.3, 0.4) is 0 Å². The molecule has 1 N–H and O–H groups in total. The second-order valence-electron chi connectivity index (χ2n) is 4.19. The van der Waals surface area contributed by atoms with E-state index in [-0.39, 0.29) is 11.7 Å². The molecular formula is C13H14FN3OS3. The van der Waals surface area contributed by atoms with Crippen molar-refractivity contribution >= 4 is 40.8 Å². The summed E-state index contributed by atoms with van der Waals surface area (Å²) in [5, 5.41) is 10.8. The van der Waals surface area contributed by atoms with Crippen LogP contribution in [0.2, 0.25) is 0 Å². The number of rotatable bonds is 6. The standard InChI is InChI=1S/C13H14FN3OS3/c1-8-5-9(3-4-10(8)14)6-15-11(18)7-20-13-17-16-12(19-2)21-13/h3-5H,6-7H2,1-2H3,(H,15,18). The molecule has 0 atom stereocenters. The van der Waals surface area contributed by atoms with Crippen molar-refractivity contribution < 1.29 is 9.18 Å². The van der Waals surface area contributed by atoms with Crippen molar-refractivity contribution in [1.82, 2.24) is 15.5 Å². The minimum Gasteiger partial charge on any atom is -0.351 e. The lowest BCUT2D eigenvalue weighted by Gasteiger charge is -2.05. The number of aromatic nitrogens is 2. The van der Waals surface area contributed by atoms with E-state index in [4.69, 9.17) is 0 Å². The Morgan fingerprint density at radius 3 is 2.81 bits per heavy atom. The average molecular weight is 343 g/mol. The van der Waals surface area contributed by atoms with Gasteiger partial charge in [0.2, 0.25) is 5.91 Å². The molecular weight excluding hydrogens is 329 g/mol. The second kappa shape index (κ2) is 7.77. The normalized spacial score (nSPS) is 10.6. The zero-order valence-electron chi connectivity index (χ0n) is 11.6. The Kier molecular flexibility index (Phi) is 6.01. The van der Waals surface area contributed by atoms with Gasteiger partial charge in [-0.15, -0.1) is 10.2 Å². The highest BCUT2D eigenvalue weighted by Gasteiger charge is 2.08. The number of nitrogens with one attached hydrogen (secondary N) is 1. The van der Waals surface area contributed by atoms with Crippen molar-refractivity contribution in [3.05, 3.63) is 35.1 Å². The predicted molar refractivity (Wildman–Crippen MR) is 85.4 cm³/mol. The molecule has 1 aromatic heterocycles. The van der Waals surface area contributed by atoms with Gasteiger partial charge >= 0.3 is 0 Å². The molecule has 0 radical (unpaired) electrons. The first kappa shape index (κ1) is 16.3. The molecule has 0 aliphatic rings. The Morgan fingerprint density at radius 1 is 1.38 bits per heavy atom. The molecule has 8 heteroatoms. The summed E-state index contributed by atoms with van der Waals surface area (Å²) in [4.78, 5) is 11.8. The summed E-state index contributed by atoms with van der Waals surface area (Å²) < 4.78 is 14.8. The maximum atomic E-state index is 13.1. The molecule has 0 saturated heterocycles. The van der Waals surface area contributed by atoms with E-state index in [1.54, 1.807) is 19.1 Å². The molecule has 0 saturated carbocycles. The van der Waals surface area contributed by atoms with Gasteiger partial charge in [0, 0.05) is 6.54 Å². The smallest absolute Gasteiger partial charge is 0.230 e. The molecule has 112 valence electrons. The Balaban J connectivity index is 1.77. The summed E-state index contributed by atoms with van der Waals surface area (Å²) in [6.07, 6.45) is 1.94. The van der Waals surface area contributed by atoms with Gasteiger partial charge in [0.15, 0.2) is 8.68 Å². The van der Waals surface area contributed by atoms with Crippen LogP contribution in [0.5, 0.6) is 0 Å². The maximum Gasteiger partial charge on any atom is 0.230 e. The number of nitrogens with zero attached hydrogens (tertiary/aromatic N) is 2. The van der Waals surface area contributed by atoms with Gasteiger partial charge in [-0.25, -0.2) is 4.39 Å². The number of amides is 1. The van der Waals surface area contributed by atoms with Crippen LogP contribution in [0.4, 0.5) is 4.39 Å². The molecule has 4 nitrogen and oxygen atoms in total. The highest BCUT2D eigenvalue weighted by atomic mass is 32.2. The minimum absolute atomic E-state index is 0.0807. The van der Waals surface area contributed by atoms with E-state index in [9.17, 15) is 9.18 Å². The van der Waals surface area contributed by atoms with E-state index < -0.39 is 0 Å². The van der Waals surface area contributed by atoms with E-state index in [0.717, 1.165) is 14.2 Å². The lowest BCUT2D eigenvalue weighted by Crippen LogP contribution is -2.24. The number of carbonyl (C=O) groups is 1. The fraction of sp³-hybridized carbons (Fsp3) is 0.308. The lowest BCUT2D eigenvalue weighted by atomic mass is 10.1. The van der Waals surface area contributed by atoms with Crippen molar-refractivity contribution in [2.45, 2.75) is 22.1 Å². The van der Waals surface area contributed by atoms with Gasteiger partial charge in [-0.3, -0.25) is 4.79 Å². The summed E-state index contributed by atoms with van der Waals surface area (Å²) in [5.41, 5.74) is 1.46. The van der Waals surface area contributed by atoms with Gasteiger partial charge in [0.25, 0.3) is 0 Å². The summed E-state index contributed by atoms with van der Waals surface area (Å²) in [7, 11) is 0. The molecule has 0 bridgehead atoms. The molecule has 1 heterocycles. The first-order valence-corrected chi connectivity index (χ1v) is 9.13. The van der Waals surface area contributed by atoms with E-state index in [1.807, 2.05) is 6.26 Å². The lowest BCUT2D eigenvalue weighted by molar-refractivity contribution is -0.118. The monoisotopic (exact) mass is 343 g/mol. The molecule has 2 aromatic rings. The van der Waals surface area contributed by atoms with Crippen molar-refractivity contribution in [2.75, 3.05) is 12.0 Å². The first-order valence-electron chi connectivity index (χ1n) is 6.10. The summed E-state index contributed by atoms with van der Waals surface area (Å²) in [5.74, 6) is -0.0206. The van der Waals surface area contributed by atoms with Gasteiger partial charge in [-0.05, 0) is 30.4 Å². The number of thioether (sulfide) groups is 2. The Labute approximate surface area is 134 Å². The fourth-order valence-corrected chi connectivity index (χ4v) is 3.80. The van der Waals surface area contributed by atoms with Crippen LogP contribution in [-0.4, -0.2) is 28.1 Å². The van der Waals surface area contributed by atoms with E-state index in [0.29, 0.717) is 17.9 Å². The molecule has 0 aliphatic carbocycles. The van der Waals surface area contributed by atoms with Crippen molar-refractivity contribution in [3.8, 4) is 0 Å². The predicted octanol–water partition coefficient (Wildman–Crippen LogP) is 3.12. The second-order valence-corrected chi connectivity index (χ2v) is 7.44. The van der Waals surface area contributed by atoms with E-state index in [1.165, 1.54) is 40.9 Å². The number of hydrogen-bond acceptors (Lipinski definition) is 6.